The van der Waals surface area contributed by atoms with E-state index in [0.29, 0.717) is 56.2 Å². The molecule has 2 aromatic rings. The minimum atomic E-state index is -0.140. The van der Waals surface area contributed by atoms with Crippen LogP contribution in [0.1, 0.15) is 33.1 Å². The number of hydrogen-bond acceptors (Lipinski definition) is 5. The second-order valence-electron chi connectivity index (χ2n) is 5.99. The molecule has 3 amide bonds. The first-order valence-corrected chi connectivity index (χ1v) is 9.45. The van der Waals surface area contributed by atoms with Gasteiger partial charge in [0, 0.05) is 39.1 Å². The van der Waals surface area contributed by atoms with Gasteiger partial charge in [-0.05, 0) is 30.0 Å². The molecule has 0 spiro atoms. The fourth-order valence-electron chi connectivity index (χ4n) is 2.81. The van der Waals surface area contributed by atoms with E-state index in [0.717, 1.165) is 0 Å². The SMILES string of the molecule is O=C(NCCCC(=O)N1CCN(C(=O)c2ccco2)CC1)c1cccs1. The summed E-state index contributed by atoms with van der Waals surface area (Å²) in [7, 11) is 0. The molecule has 8 heteroatoms. The van der Waals surface area contributed by atoms with Gasteiger partial charge in [-0.3, -0.25) is 14.4 Å². The lowest BCUT2D eigenvalue weighted by Crippen LogP contribution is -2.50. The topological polar surface area (TPSA) is 82.9 Å². The Balaban J connectivity index is 1.35. The zero-order chi connectivity index (χ0) is 18.4. The highest BCUT2D eigenvalue weighted by molar-refractivity contribution is 7.12. The van der Waals surface area contributed by atoms with Crippen molar-refractivity contribution in [2.24, 2.45) is 0 Å². The molecule has 0 radical (unpaired) electrons. The van der Waals surface area contributed by atoms with Crippen LogP contribution in [0.3, 0.4) is 0 Å². The van der Waals surface area contributed by atoms with E-state index in [2.05, 4.69) is 5.32 Å². The lowest BCUT2D eigenvalue weighted by Gasteiger charge is -2.34. The summed E-state index contributed by atoms with van der Waals surface area (Å²) in [5.41, 5.74) is 0. The van der Waals surface area contributed by atoms with Gasteiger partial charge in [0.05, 0.1) is 11.1 Å². The summed E-state index contributed by atoms with van der Waals surface area (Å²) < 4.78 is 5.13. The van der Waals surface area contributed by atoms with Crippen LogP contribution in [-0.4, -0.2) is 60.2 Å². The molecular formula is C18H21N3O4S. The molecule has 0 saturated carbocycles. The highest BCUT2D eigenvalue weighted by atomic mass is 32.1. The number of carbonyl (C=O) groups excluding carboxylic acids is 3. The van der Waals surface area contributed by atoms with Crippen molar-refractivity contribution in [3.05, 3.63) is 46.5 Å². The third-order valence-corrected chi connectivity index (χ3v) is 5.12. The molecule has 3 rings (SSSR count). The van der Waals surface area contributed by atoms with Crippen LogP contribution in [0.15, 0.2) is 40.3 Å². The fraction of sp³-hybridized carbons (Fsp3) is 0.389. The summed E-state index contributed by atoms with van der Waals surface area (Å²) >= 11 is 1.39. The molecule has 1 N–H and O–H groups in total. The summed E-state index contributed by atoms with van der Waals surface area (Å²) in [5.74, 6) is 0.141. The van der Waals surface area contributed by atoms with Gasteiger partial charge in [0.1, 0.15) is 0 Å². The van der Waals surface area contributed by atoms with Crippen molar-refractivity contribution < 1.29 is 18.8 Å². The fourth-order valence-corrected chi connectivity index (χ4v) is 3.45. The molecule has 1 aliphatic rings. The van der Waals surface area contributed by atoms with E-state index in [9.17, 15) is 14.4 Å². The van der Waals surface area contributed by atoms with Gasteiger partial charge in [0.15, 0.2) is 5.76 Å². The predicted octanol–water partition coefficient (Wildman–Crippen LogP) is 1.84. The van der Waals surface area contributed by atoms with Crippen molar-refractivity contribution in [1.82, 2.24) is 15.1 Å². The van der Waals surface area contributed by atoms with Crippen molar-refractivity contribution in [1.29, 1.82) is 0 Å². The number of carbonyl (C=O) groups is 3. The summed E-state index contributed by atoms with van der Waals surface area (Å²) in [5, 5.41) is 4.67. The minimum absolute atomic E-state index is 0.0560. The number of nitrogens with one attached hydrogen (secondary N) is 1. The van der Waals surface area contributed by atoms with Gasteiger partial charge in [-0.25, -0.2) is 0 Å². The Hall–Kier alpha value is -2.61. The number of furan rings is 1. The molecule has 2 aromatic heterocycles. The molecule has 0 bridgehead atoms. The molecule has 0 unspecified atom stereocenters. The van der Waals surface area contributed by atoms with Crippen molar-refractivity contribution in [3.63, 3.8) is 0 Å². The number of nitrogens with zero attached hydrogens (tertiary/aromatic N) is 2. The van der Waals surface area contributed by atoms with E-state index in [4.69, 9.17) is 4.42 Å². The maximum Gasteiger partial charge on any atom is 0.289 e. The minimum Gasteiger partial charge on any atom is -0.459 e. The molecule has 26 heavy (non-hydrogen) atoms. The van der Waals surface area contributed by atoms with Gasteiger partial charge in [0.25, 0.3) is 11.8 Å². The zero-order valence-corrected chi connectivity index (χ0v) is 15.2. The highest BCUT2D eigenvalue weighted by Gasteiger charge is 2.25. The van der Waals surface area contributed by atoms with E-state index in [1.165, 1.54) is 17.6 Å². The van der Waals surface area contributed by atoms with Crippen LogP contribution in [-0.2, 0) is 4.79 Å². The first kappa shape index (κ1) is 18.2. The maximum atomic E-state index is 12.3. The molecule has 1 saturated heterocycles. The summed E-state index contributed by atoms with van der Waals surface area (Å²) in [6.45, 7) is 2.51. The number of amides is 3. The zero-order valence-electron chi connectivity index (χ0n) is 14.3. The second-order valence-corrected chi connectivity index (χ2v) is 6.93. The standard InChI is InChI=1S/C18H21N3O4S/c22-16(6-1-7-19-17(23)15-5-3-13-26-15)20-8-10-21(11-9-20)18(24)14-4-2-12-25-14/h2-5,12-13H,1,6-11H2,(H,19,23). The Bertz CT molecular complexity index is 735. The maximum absolute atomic E-state index is 12.3. The van der Waals surface area contributed by atoms with Gasteiger partial charge >= 0.3 is 0 Å². The first-order chi connectivity index (χ1) is 12.6. The van der Waals surface area contributed by atoms with Crippen LogP contribution >= 0.6 is 11.3 Å². The Morgan fingerprint density at radius 1 is 1.08 bits per heavy atom. The number of thiophene rings is 1. The Morgan fingerprint density at radius 3 is 2.50 bits per heavy atom. The molecule has 138 valence electrons. The highest BCUT2D eigenvalue weighted by Crippen LogP contribution is 2.11. The average molecular weight is 375 g/mol. The normalized spacial score (nSPS) is 14.3. The molecular weight excluding hydrogens is 354 g/mol. The van der Waals surface area contributed by atoms with Crippen LogP contribution in [0.4, 0.5) is 0 Å². The molecule has 7 nitrogen and oxygen atoms in total. The van der Waals surface area contributed by atoms with Gasteiger partial charge in [-0.1, -0.05) is 6.07 Å². The van der Waals surface area contributed by atoms with Gasteiger partial charge < -0.3 is 19.5 Å². The second kappa shape index (κ2) is 8.66. The van der Waals surface area contributed by atoms with E-state index >= 15 is 0 Å². The quantitative estimate of drug-likeness (QED) is 0.781. The van der Waals surface area contributed by atoms with Crippen molar-refractivity contribution >= 4 is 29.1 Å². The number of piperazine rings is 1. The van der Waals surface area contributed by atoms with Crippen LogP contribution < -0.4 is 5.32 Å². The third-order valence-electron chi connectivity index (χ3n) is 4.25. The van der Waals surface area contributed by atoms with Crippen LogP contribution in [0, 0.1) is 0 Å². The van der Waals surface area contributed by atoms with Crippen LogP contribution in [0.25, 0.3) is 0 Å². The third kappa shape index (κ3) is 4.51. The summed E-state index contributed by atoms with van der Waals surface area (Å²) in [6, 6.07) is 6.93. The van der Waals surface area contributed by atoms with E-state index in [1.54, 1.807) is 28.0 Å². The summed E-state index contributed by atoms with van der Waals surface area (Å²) in [6.07, 6.45) is 2.46. The molecule has 0 aromatic carbocycles. The Kier molecular flexibility index (Phi) is 6.06. The van der Waals surface area contributed by atoms with E-state index in [-0.39, 0.29) is 17.7 Å². The molecule has 0 atom stereocenters. The van der Waals surface area contributed by atoms with Crippen molar-refractivity contribution in [3.8, 4) is 0 Å². The van der Waals surface area contributed by atoms with Gasteiger partial charge in [-0.15, -0.1) is 11.3 Å². The van der Waals surface area contributed by atoms with Crippen LogP contribution in [0.2, 0.25) is 0 Å². The van der Waals surface area contributed by atoms with E-state index < -0.39 is 0 Å². The molecule has 3 heterocycles. The van der Waals surface area contributed by atoms with Crippen molar-refractivity contribution in [2.45, 2.75) is 12.8 Å². The lowest BCUT2D eigenvalue weighted by atomic mass is 10.2. The average Bonchev–Trinajstić information content (AvgIpc) is 3.38. The lowest BCUT2D eigenvalue weighted by molar-refractivity contribution is -0.132. The monoisotopic (exact) mass is 375 g/mol. The number of rotatable bonds is 6. The Labute approximate surface area is 155 Å². The summed E-state index contributed by atoms with van der Waals surface area (Å²) in [4.78, 5) is 40.4. The number of hydrogen-bond donors (Lipinski definition) is 1. The Morgan fingerprint density at radius 2 is 1.85 bits per heavy atom. The smallest absolute Gasteiger partial charge is 0.289 e. The molecule has 1 aliphatic heterocycles. The van der Waals surface area contributed by atoms with Gasteiger partial charge in [0.2, 0.25) is 5.91 Å². The van der Waals surface area contributed by atoms with Crippen LogP contribution in [0.5, 0.6) is 0 Å². The predicted molar refractivity (Wildman–Crippen MR) is 97.1 cm³/mol. The molecule has 1 fully saturated rings. The van der Waals surface area contributed by atoms with Crippen molar-refractivity contribution in [2.75, 3.05) is 32.7 Å². The largest absolute Gasteiger partial charge is 0.459 e. The molecule has 0 aliphatic carbocycles. The first-order valence-electron chi connectivity index (χ1n) is 8.57. The van der Waals surface area contributed by atoms with E-state index in [1.807, 2.05) is 11.4 Å². The van der Waals surface area contributed by atoms with Gasteiger partial charge in [-0.2, -0.15) is 0 Å².